The number of rotatable bonds is 4. The molecule has 138 valence electrons. The molecule has 3 heterocycles. The summed E-state index contributed by atoms with van der Waals surface area (Å²) in [5, 5.41) is 7.13. The van der Waals surface area contributed by atoms with Crippen LogP contribution < -0.4 is 15.4 Å². The fourth-order valence-corrected chi connectivity index (χ4v) is 3.31. The molecule has 0 aliphatic carbocycles. The molecule has 0 atom stereocenters. The van der Waals surface area contributed by atoms with Crippen molar-refractivity contribution < 1.29 is 4.74 Å². The minimum atomic E-state index is 0.0423. The van der Waals surface area contributed by atoms with E-state index in [9.17, 15) is 0 Å². The Morgan fingerprint density at radius 2 is 2.04 bits per heavy atom. The maximum Gasteiger partial charge on any atom is 0.227 e. The van der Waals surface area contributed by atoms with Crippen molar-refractivity contribution in [1.82, 2.24) is 15.0 Å². The Hall–Kier alpha value is -2.86. The molecular formula is C20H20ClN5O. The largest absolute Gasteiger partial charge is 0.495 e. The van der Waals surface area contributed by atoms with Gasteiger partial charge >= 0.3 is 0 Å². The third-order valence-electron chi connectivity index (χ3n) is 4.67. The third kappa shape index (κ3) is 3.40. The summed E-state index contributed by atoms with van der Waals surface area (Å²) in [7, 11) is 1.61. The van der Waals surface area contributed by atoms with Gasteiger partial charge < -0.3 is 15.4 Å². The van der Waals surface area contributed by atoms with E-state index >= 15 is 0 Å². The van der Waals surface area contributed by atoms with E-state index in [1.165, 1.54) is 5.56 Å². The number of aromatic nitrogens is 3. The van der Waals surface area contributed by atoms with E-state index in [1.807, 2.05) is 12.3 Å². The molecule has 0 spiro atoms. The Morgan fingerprint density at radius 3 is 2.85 bits per heavy atom. The second kappa shape index (κ2) is 6.70. The number of nitrogens with zero attached hydrogens (tertiary/aromatic N) is 3. The van der Waals surface area contributed by atoms with Gasteiger partial charge in [0.2, 0.25) is 5.95 Å². The van der Waals surface area contributed by atoms with Crippen LogP contribution in [-0.2, 0) is 5.41 Å². The van der Waals surface area contributed by atoms with Gasteiger partial charge in [-0.3, -0.25) is 0 Å². The fraction of sp³-hybridized carbons (Fsp3) is 0.250. The van der Waals surface area contributed by atoms with E-state index < -0.39 is 0 Å². The molecule has 0 amide bonds. The smallest absolute Gasteiger partial charge is 0.227 e. The van der Waals surface area contributed by atoms with E-state index in [2.05, 4.69) is 45.5 Å². The number of pyridine rings is 1. The molecule has 27 heavy (non-hydrogen) atoms. The summed E-state index contributed by atoms with van der Waals surface area (Å²) in [6.07, 6.45) is 3.55. The lowest BCUT2D eigenvalue weighted by atomic mass is 9.87. The van der Waals surface area contributed by atoms with Crippen molar-refractivity contribution in [3.05, 3.63) is 53.3 Å². The third-order valence-corrected chi connectivity index (χ3v) is 4.91. The summed E-state index contributed by atoms with van der Waals surface area (Å²) in [5.74, 6) is 2.08. The number of halogens is 1. The Kier molecular flexibility index (Phi) is 4.36. The summed E-state index contributed by atoms with van der Waals surface area (Å²) >= 11 is 6.10. The van der Waals surface area contributed by atoms with Crippen LogP contribution in [0.25, 0.3) is 11.3 Å². The van der Waals surface area contributed by atoms with Crippen LogP contribution in [0.3, 0.4) is 0 Å². The predicted molar refractivity (Wildman–Crippen MR) is 108 cm³/mol. The monoisotopic (exact) mass is 381 g/mol. The second-order valence-corrected chi connectivity index (χ2v) is 7.53. The summed E-state index contributed by atoms with van der Waals surface area (Å²) in [6, 6.07) is 9.37. The first-order chi connectivity index (χ1) is 13.0. The number of benzene rings is 1. The molecule has 1 aromatic carbocycles. The van der Waals surface area contributed by atoms with Crippen molar-refractivity contribution in [1.29, 1.82) is 0 Å². The molecule has 3 aromatic rings. The zero-order chi connectivity index (χ0) is 19.0. The second-order valence-electron chi connectivity index (χ2n) is 7.09. The zero-order valence-corrected chi connectivity index (χ0v) is 16.1. The number of anilines is 3. The molecule has 0 fully saturated rings. The van der Waals surface area contributed by atoms with E-state index in [1.54, 1.807) is 31.5 Å². The molecule has 2 N–H and O–H groups in total. The van der Waals surface area contributed by atoms with Gasteiger partial charge in [-0.2, -0.15) is 0 Å². The van der Waals surface area contributed by atoms with E-state index in [-0.39, 0.29) is 5.41 Å². The fourth-order valence-electron chi connectivity index (χ4n) is 3.14. The molecular weight excluding hydrogens is 362 g/mol. The Bertz CT molecular complexity index is 1010. The highest BCUT2D eigenvalue weighted by molar-refractivity contribution is 6.31. The quantitative estimate of drug-likeness (QED) is 0.685. The first kappa shape index (κ1) is 17.5. The van der Waals surface area contributed by atoms with Crippen LogP contribution in [0.1, 0.15) is 19.4 Å². The van der Waals surface area contributed by atoms with Gasteiger partial charge in [0.05, 0.1) is 18.5 Å². The lowest BCUT2D eigenvalue weighted by molar-refractivity contribution is 0.417. The normalized spacial score (nSPS) is 14.4. The first-order valence-electron chi connectivity index (χ1n) is 8.65. The number of hydrogen-bond donors (Lipinski definition) is 2. The van der Waals surface area contributed by atoms with Crippen molar-refractivity contribution in [3.63, 3.8) is 0 Å². The van der Waals surface area contributed by atoms with Gasteiger partial charge in [-0.1, -0.05) is 25.4 Å². The number of nitrogens with one attached hydrogen (secondary N) is 2. The van der Waals surface area contributed by atoms with Crippen molar-refractivity contribution >= 4 is 29.1 Å². The molecule has 1 aliphatic heterocycles. The van der Waals surface area contributed by atoms with Crippen LogP contribution in [0, 0.1) is 0 Å². The number of hydrogen-bond acceptors (Lipinski definition) is 6. The van der Waals surface area contributed by atoms with Gasteiger partial charge in [0, 0.05) is 40.5 Å². The molecule has 0 bridgehead atoms. The van der Waals surface area contributed by atoms with Crippen LogP contribution in [0.2, 0.25) is 5.02 Å². The summed E-state index contributed by atoms with van der Waals surface area (Å²) in [5.41, 5.74) is 3.70. The number of fused-ring (bicyclic) bond motifs is 1. The molecule has 0 saturated heterocycles. The molecule has 2 aromatic heterocycles. The maximum atomic E-state index is 6.10. The van der Waals surface area contributed by atoms with E-state index in [0.717, 1.165) is 23.6 Å². The molecule has 7 heteroatoms. The van der Waals surface area contributed by atoms with Crippen LogP contribution in [0.5, 0.6) is 5.75 Å². The average Bonchev–Trinajstić information content (AvgIpc) is 2.97. The first-order valence-corrected chi connectivity index (χ1v) is 9.02. The highest BCUT2D eigenvalue weighted by atomic mass is 35.5. The van der Waals surface area contributed by atoms with Crippen molar-refractivity contribution in [3.8, 4) is 17.0 Å². The topological polar surface area (TPSA) is 72.0 Å². The van der Waals surface area contributed by atoms with Gasteiger partial charge in [-0.25, -0.2) is 15.0 Å². The summed E-state index contributed by atoms with van der Waals surface area (Å²) in [4.78, 5) is 13.5. The lowest BCUT2D eigenvalue weighted by Crippen LogP contribution is -2.18. The zero-order valence-electron chi connectivity index (χ0n) is 15.4. The molecule has 0 unspecified atom stereocenters. The SMILES string of the molecule is COc1ccc(Cl)cc1Nc1nccc(-c2cnc3c(c2)C(C)(C)CN3)n1. The summed E-state index contributed by atoms with van der Waals surface area (Å²) in [6.45, 7) is 5.29. The highest BCUT2D eigenvalue weighted by Crippen LogP contribution is 2.37. The highest BCUT2D eigenvalue weighted by Gasteiger charge is 2.31. The van der Waals surface area contributed by atoms with Gasteiger partial charge in [0.15, 0.2) is 0 Å². The van der Waals surface area contributed by atoms with Crippen molar-refractivity contribution in [2.24, 2.45) is 0 Å². The van der Waals surface area contributed by atoms with Crippen LogP contribution in [-0.4, -0.2) is 28.6 Å². The molecule has 0 saturated carbocycles. The number of methoxy groups -OCH3 is 1. The van der Waals surface area contributed by atoms with Crippen LogP contribution in [0.4, 0.5) is 17.5 Å². The minimum Gasteiger partial charge on any atom is -0.495 e. The predicted octanol–water partition coefficient (Wildman–Crippen LogP) is 4.65. The Balaban J connectivity index is 1.67. The van der Waals surface area contributed by atoms with Gasteiger partial charge in [-0.15, -0.1) is 0 Å². The lowest BCUT2D eigenvalue weighted by Gasteiger charge is -2.17. The van der Waals surface area contributed by atoms with Gasteiger partial charge in [0.25, 0.3) is 0 Å². The molecule has 4 rings (SSSR count). The van der Waals surface area contributed by atoms with Crippen LogP contribution >= 0.6 is 11.6 Å². The van der Waals surface area contributed by atoms with Gasteiger partial charge in [-0.05, 0) is 30.3 Å². The summed E-state index contributed by atoms with van der Waals surface area (Å²) < 4.78 is 5.37. The van der Waals surface area contributed by atoms with E-state index in [4.69, 9.17) is 16.3 Å². The van der Waals surface area contributed by atoms with E-state index in [0.29, 0.717) is 22.4 Å². The average molecular weight is 382 g/mol. The molecule has 0 radical (unpaired) electrons. The Morgan fingerprint density at radius 1 is 1.19 bits per heavy atom. The Labute approximate surface area is 163 Å². The minimum absolute atomic E-state index is 0.0423. The standard InChI is InChI=1S/C20H20ClN5O/c1-20(2)11-24-18-14(20)8-12(10-23-18)15-6-7-22-19(25-15)26-16-9-13(21)4-5-17(16)27-3/h4-10H,11H2,1-3H3,(H,23,24)(H,22,25,26). The number of ether oxygens (including phenoxy) is 1. The molecule has 6 nitrogen and oxygen atoms in total. The maximum absolute atomic E-state index is 6.10. The van der Waals surface area contributed by atoms with Crippen molar-refractivity contribution in [2.45, 2.75) is 19.3 Å². The molecule has 1 aliphatic rings. The van der Waals surface area contributed by atoms with Crippen LogP contribution in [0.15, 0.2) is 42.7 Å². The van der Waals surface area contributed by atoms with Gasteiger partial charge in [0.1, 0.15) is 11.6 Å². The van der Waals surface area contributed by atoms with Crippen molar-refractivity contribution in [2.75, 3.05) is 24.3 Å².